The highest BCUT2D eigenvalue weighted by atomic mass is 127. The van der Waals surface area contributed by atoms with E-state index in [0.717, 1.165) is 35.5 Å². The van der Waals surface area contributed by atoms with Crippen molar-refractivity contribution < 1.29 is 4.74 Å². The molecular weight excluding hydrogens is 389 g/mol. The van der Waals surface area contributed by atoms with Crippen molar-refractivity contribution in [1.29, 1.82) is 0 Å². The minimum absolute atomic E-state index is 0. The fourth-order valence-corrected chi connectivity index (χ4v) is 3.92. The normalized spacial score (nSPS) is 26.8. The molecular formula is C17H26IN3O. The number of methoxy groups -OCH3 is 1. The summed E-state index contributed by atoms with van der Waals surface area (Å²) in [6.07, 6.45) is 5.60. The van der Waals surface area contributed by atoms with Crippen LogP contribution in [0, 0.1) is 17.8 Å². The summed E-state index contributed by atoms with van der Waals surface area (Å²) in [6, 6.07) is 8.04. The van der Waals surface area contributed by atoms with Gasteiger partial charge in [0.15, 0.2) is 5.96 Å². The van der Waals surface area contributed by atoms with E-state index in [9.17, 15) is 0 Å². The van der Waals surface area contributed by atoms with E-state index in [1.54, 1.807) is 7.11 Å². The first-order chi connectivity index (χ1) is 10.3. The van der Waals surface area contributed by atoms with Crippen LogP contribution in [-0.4, -0.2) is 19.6 Å². The van der Waals surface area contributed by atoms with Gasteiger partial charge >= 0.3 is 0 Å². The summed E-state index contributed by atoms with van der Waals surface area (Å²) in [5.74, 6) is 3.12. The Hall–Kier alpha value is -0.820. The molecule has 3 N–H and O–H groups in total. The highest BCUT2D eigenvalue weighted by Gasteiger charge is 2.39. The molecule has 2 saturated carbocycles. The Labute approximate surface area is 149 Å². The highest BCUT2D eigenvalue weighted by molar-refractivity contribution is 14.0. The van der Waals surface area contributed by atoms with Crippen molar-refractivity contribution >= 4 is 35.6 Å². The maximum atomic E-state index is 6.05. The summed E-state index contributed by atoms with van der Waals surface area (Å²) in [5, 5.41) is 3.21. The van der Waals surface area contributed by atoms with Crippen LogP contribution >= 0.6 is 24.0 Å². The average Bonchev–Trinajstić information content (AvgIpc) is 3.10. The zero-order valence-corrected chi connectivity index (χ0v) is 15.5. The number of rotatable bonds is 5. The lowest BCUT2D eigenvalue weighted by atomic mass is 9.89. The van der Waals surface area contributed by atoms with Gasteiger partial charge in [0, 0.05) is 24.9 Å². The molecule has 3 atom stereocenters. The van der Waals surface area contributed by atoms with Crippen LogP contribution in [0.2, 0.25) is 0 Å². The number of hydrogen-bond acceptors (Lipinski definition) is 2. The fourth-order valence-electron chi connectivity index (χ4n) is 3.92. The average molecular weight is 415 g/mol. The van der Waals surface area contributed by atoms with E-state index in [0.29, 0.717) is 12.6 Å². The maximum Gasteiger partial charge on any atom is 0.193 e. The summed E-state index contributed by atoms with van der Waals surface area (Å²) in [5.41, 5.74) is 8.12. The third-order valence-electron chi connectivity index (χ3n) is 4.96. The monoisotopic (exact) mass is 415 g/mol. The molecule has 0 spiro atoms. The van der Waals surface area contributed by atoms with Crippen LogP contribution in [-0.2, 0) is 11.3 Å². The molecule has 0 amide bonds. The van der Waals surface area contributed by atoms with Gasteiger partial charge in [-0.1, -0.05) is 24.6 Å². The molecule has 4 nitrogen and oxygen atoms in total. The Morgan fingerprint density at radius 2 is 2.14 bits per heavy atom. The number of guanidine groups is 1. The minimum Gasteiger partial charge on any atom is -0.380 e. The van der Waals surface area contributed by atoms with Crippen LogP contribution in [0.5, 0.6) is 0 Å². The number of nitrogens with two attached hydrogens (primary N) is 1. The topological polar surface area (TPSA) is 59.6 Å². The van der Waals surface area contributed by atoms with E-state index in [4.69, 9.17) is 10.5 Å². The lowest BCUT2D eigenvalue weighted by Gasteiger charge is -2.19. The number of halogens is 1. The van der Waals surface area contributed by atoms with Gasteiger partial charge in [0.05, 0.1) is 6.61 Å². The molecule has 2 aliphatic carbocycles. The van der Waals surface area contributed by atoms with Crippen LogP contribution < -0.4 is 11.1 Å². The summed E-state index contributed by atoms with van der Waals surface area (Å²) in [7, 11) is 1.70. The first kappa shape index (κ1) is 17.5. The number of aliphatic imine (C=N–C) groups is 1. The number of nitrogens with zero attached hydrogens (tertiary/aromatic N) is 1. The standard InChI is InChI=1S/C17H25N3O.HI/c1-21-11-14-4-2-3-5-16(14)20-17(18)19-10-15-9-12-6-7-13(15)8-12;/h2-5,12-13,15H,6-11H2,1H3,(H3,18,19,20);1H. The first-order valence-electron chi connectivity index (χ1n) is 7.90. The summed E-state index contributed by atoms with van der Waals surface area (Å²) < 4.78 is 5.20. The lowest BCUT2D eigenvalue weighted by molar-refractivity contribution is 0.185. The number of para-hydroxylation sites is 1. The maximum absolute atomic E-state index is 6.05. The minimum atomic E-state index is 0. The zero-order valence-electron chi connectivity index (χ0n) is 13.1. The first-order valence-corrected chi connectivity index (χ1v) is 7.90. The van der Waals surface area contributed by atoms with Crippen LogP contribution in [0.15, 0.2) is 29.3 Å². The third-order valence-corrected chi connectivity index (χ3v) is 4.96. The molecule has 2 bridgehead atoms. The molecule has 122 valence electrons. The van der Waals surface area contributed by atoms with Gasteiger partial charge < -0.3 is 15.8 Å². The molecule has 2 fully saturated rings. The molecule has 2 aliphatic rings. The van der Waals surface area contributed by atoms with Gasteiger partial charge in [-0.15, -0.1) is 24.0 Å². The molecule has 3 rings (SSSR count). The molecule has 3 unspecified atom stereocenters. The molecule has 1 aromatic carbocycles. The molecule has 5 heteroatoms. The molecule has 0 heterocycles. The number of nitrogens with one attached hydrogen (secondary N) is 1. The second kappa shape index (κ2) is 8.15. The van der Waals surface area contributed by atoms with Crippen molar-refractivity contribution in [2.75, 3.05) is 19.0 Å². The van der Waals surface area contributed by atoms with Crippen molar-refractivity contribution in [2.24, 2.45) is 28.5 Å². The molecule has 0 radical (unpaired) electrons. The quantitative estimate of drug-likeness (QED) is 0.439. The van der Waals surface area contributed by atoms with E-state index in [1.807, 2.05) is 24.3 Å². The second-order valence-electron chi connectivity index (χ2n) is 6.38. The Morgan fingerprint density at radius 1 is 1.32 bits per heavy atom. The number of fused-ring (bicyclic) bond motifs is 2. The van der Waals surface area contributed by atoms with Crippen LogP contribution in [0.25, 0.3) is 0 Å². The number of hydrogen-bond donors (Lipinski definition) is 2. The van der Waals surface area contributed by atoms with Crippen molar-refractivity contribution in [3.8, 4) is 0 Å². The summed E-state index contributed by atoms with van der Waals surface area (Å²) >= 11 is 0. The number of anilines is 1. The smallest absolute Gasteiger partial charge is 0.193 e. The van der Waals surface area contributed by atoms with Gasteiger partial charge in [-0.05, 0) is 43.1 Å². The van der Waals surface area contributed by atoms with Crippen molar-refractivity contribution in [3.05, 3.63) is 29.8 Å². The summed E-state index contributed by atoms with van der Waals surface area (Å²) in [6.45, 7) is 1.44. The van der Waals surface area contributed by atoms with Gasteiger partial charge in [0.1, 0.15) is 0 Å². The predicted molar refractivity (Wildman–Crippen MR) is 102 cm³/mol. The van der Waals surface area contributed by atoms with Gasteiger partial charge in [-0.25, -0.2) is 0 Å². The molecule has 0 aliphatic heterocycles. The van der Waals surface area contributed by atoms with E-state index in [1.165, 1.54) is 25.7 Å². The van der Waals surface area contributed by atoms with Crippen molar-refractivity contribution in [3.63, 3.8) is 0 Å². The Balaban J connectivity index is 0.00000176. The molecule has 0 saturated heterocycles. The van der Waals surface area contributed by atoms with E-state index in [2.05, 4.69) is 10.3 Å². The SMILES string of the molecule is COCc1ccccc1NC(N)=NCC1CC2CCC1C2.I. The molecule has 1 aromatic rings. The largest absolute Gasteiger partial charge is 0.380 e. The van der Waals surface area contributed by atoms with Crippen LogP contribution in [0.1, 0.15) is 31.2 Å². The van der Waals surface area contributed by atoms with Gasteiger partial charge in [-0.2, -0.15) is 0 Å². The van der Waals surface area contributed by atoms with E-state index in [-0.39, 0.29) is 24.0 Å². The third kappa shape index (κ3) is 4.13. The fraction of sp³-hybridized carbons (Fsp3) is 0.588. The Morgan fingerprint density at radius 3 is 2.82 bits per heavy atom. The predicted octanol–water partition coefficient (Wildman–Crippen LogP) is 3.61. The Bertz CT molecular complexity index is 520. The lowest BCUT2D eigenvalue weighted by Crippen LogP contribution is -2.25. The summed E-state index contributed by atoms with van der Waals surface area (Å²) in [4.78, 5) is 4.56. The molecule has 22 heavy (non-hydrogen) atoms. The van der Waals surface area contributed by atoms with Gasteiger partial charge in [0.2, 0.25) is 0 Å². The zero-order chi connectivity index (χ0) is 14.7. The molecule has 0 aromatic heterocycles. The van der Waals surface area contributed by atoms with E-state index < -0.39 is 0 Å². The van der Waals surface area contributed by atoms with Crippen molar-refractivity contribution in [2.45, 2.75) is 32.3 Å². The number of ether oxygens (including phenoxy) is 1. The highest BCUT2D eigenvalue weighted by Crippen LogP contribution is 2.48. The second-order valence-corrected chi connectivity index (χ2v) is 6.38. The number of benzene rings is 1. The van der Waals surface area contributed by atoms with E-state index >= 15 is 0 Å². The van der Waals surface area contributed by atoms with Gasteiger partial charge in [0.25, 0.3) is 0 Å². The van der Waals surface area contributed by atoms with Crippen molar-refractivity contribution in [1.82, 2.24) is 0 Å². The van der Waals surface area contributed by atoms with Crippen LogP contribution in [0.3, 0.4) is 0 Å². The van der Waals surface area contributed by atoms with Crippen LogP contribution in [0.4, 0.5) is 5.69 Å². The Kier molecular flexibility index (Phi) is 6.50. The van der Waals surface area contributed by atoms with Gasteiger partial charge in [-0.3, -0.25) is 4.99 Å².